The number of likely N-dealkylation sites (tertiary alicyclic amines) is 1. The van der Waals surface area contributed by atoms with Crippen LogP contribution >= 0.6 is 0 Å². The number of carbonyl (C=O) groups is 1. The van der Waals surface area contributed by atoms with Crippen molar-refractivity contribution in [3.05, 3.63) is 48.9 Å². The predicted molar refractivity (Wildman–Crippen MR) is 87.4 cm³/mol. The van der Waals surface area contributed by atoms with Crippen LogP contribution in [0.2, 0.25) is 0 Å². The first-order chi connectivity index (χ1) is 11.8. The zero-order valence-corrected chi connectivity index (χ0v) is 13.1. The molecular formula is C17H17N5O2. The van der Waals surface area contributed by atoms with Crippen LogP contribution in [0.25, 0.3) is 11.0 Å². The summed E-state index contributed by atoms with van der Waals surface area (Å²) in [6.45, 7) is 1.55. The molecule has 122 valence electrons. The molecule has 1 amide bonds. The van der Waals surface area contributed by atoms with E-state index in [0.29, 0.717) is 25.5 Å². The Morgan fingerprint density at radius 2 is 2.17 bits per heavy atom. The van der Waals surface area contributed by atoms with E-state index in [1.807, 2.05) is 33.7 Å². The lowest BCUT2D eigenvalue weighted by Gasteiger charge is -2.17. The Morgan fingerprint density at radius 3 is 3.04 bits per heavy atom. The molecule has 0 radical (unpaired) electrons. The van der Waals surface area contributed by atoms with Crippen molar-refractivity contribution in [3.63, 3.8) is 0 Å². The third-order valence-electron chi connectivity index (χ3n) is 4.17. The average molecular weight is 323 g/mol. The maximum absolute atomic E-state index is 12.5. The van der Waals surface area contributed by atoms with Gasteiger partial charge in [-0.25, -0.2) is 4.98 Å². The van der Waals surface area contributed by atoms with Gasteiger partial charge in [0.05, 0.1) is 23.9 Å². The second kappa shape index (κ2) is 6.27. The molecule has 1 atom stereocenters. The summed E-state index contributed by atoms with van der Waals surface area (Å²) in [6.07, 6.45) is 4.08. The first-order valence-electron chi connectivity index (χ1n) is 7.91. The zero-order valence-electron chi connectivity index (χ0n) is 13.1. The van der Waals surface area contributed by atoms with Gasteiger partial charge in [0, 0.05) is 25.2 Å². The first-order valence-corrected chi connectivity index (χ1v) is 7.91. The molecule has 0 saturated carbocycles. The quantitative estimate of drug-likeness (QED) is 0.727. The molecule has 0 N–H and O–H groups in total. The monoisotopic (exact) mass is 323 g/mol. The van der Waals surface area contributed by atoms with Crippen molar-refractivity contribution in [1.82, 2.24) is 24.6 Å². The normalized spacial score (nSPS) is 17.3. The highest BCUT2D eigenvalue weighted by molar-refractivity contribution is 5.80. The molecule has 24 heavy (non-hydrogen) atoms. The van der Waals surface area contributed by atoms with Gasteiger partial charge in [0.15, 0.2) is 0 Å². The zero-order chi connectivity index (χ0) is 16.4. The van der Waals surface area contributed by atoms with Crippen LogP contribution < -0.4 is 4.74 Å². The Kier molecular flexibility index (Phi) is 3.82. The summed E-state index contributed by atoms with van der Waals surface area (Å²) in [7, 11) is 0. The minimum Gasteiger partial charge on any atom is -0.471 e. The van der Waals surface area contributed by atoms with Crippen LogP contribution in [-0.2, 0) is 11.3 Å². The van der Waals surface area contributed by atoms with Crippen molar-refractivity contribution in [2.75, 3.05) is 13.1 Å². The number of aromatic nitrogens is 4. The van der Waals surface area contributed by atoms with E-state index in [4.69, 9.17) is 4.74 Å². The van der Waals surface area contributed by atoms with Crippen LogP contribution in [0.5, 0.6) is 5.88 Å². The van der Waals surface area contributed by atoms with Crippen LogP contribution in [0.15, 0.2) is 48.9 Å². The maximum atomic E-state index is 12.5. The smallest absolute Gasteiger partial charge is 0.242 e. The van der Waals surface area contributed by atoms with E-state index in [1.165, 1.54) is 0 Å². The molecule has 3 heterocycles. The van der Waals surface area contributed by atoms with Gasteiger partial charge < -0.3 is 14.2 Å². The van der Waals surface area contributed by atoms with Crippen LogP contribution in [0.3, 0.4) is 0 Å². The molecule has 4 rings (SSSR count). The van der Waals surface area contributed by atoms with Crippen molar-refractivity contribution >= 4 is 16.9 Å². The Hall–Kier alpha value is -2.96. The van der Waals surface area contributed by atoms with Gasteiger partial charge >= 0.3 is 0 Å². The molecule has 1 unspecified atom stereocenters. The van der Waals surface area contributed by atoms with E-state index in [0.717, 1.165) is 17.5 Å². The average Bonchev–Trinajstić information content (AvgIpc) is 3.24. The van der Waals surface area contributed by atoms with E-state index in [2.05, 4.69) is 15.2 Å². The lowest BCUT2D eigenvalue weighted by atomic mass is 10.3. The predicted octanol–water partition coefficient (Wildman–Crippen LogP) is 1.51. The number of imidazole rings is 1. The molecule has 1 aromatic carbocycles. The van der Waals surface area contributed by atoms with Crippen molar-refractivity contribution < 1.29 is 9.53 Å². The molecule has 1 aliphatic heterocycles. The van der Waals surface area contributed by atoms with E-state index in [1.54, 1.807) is 24.7 Å². The summed E-state index contributed by atoms with van der Waals surface area (Å²) in [4.78, 5) is 18.7. The molecule has 1 fully saturated rings. The fourth-order valence-corrected chi connectivity index (χ4v) is 2.95. The highest BCUT2D eigenvalue weighted by atomic mass is 16.5. The number of amides is 1. The van der Waals surface area contributed by atoms with Gasteiger partial charge in [-0.3, -0.25) is 4.79 Å². The molecule has 3 aromatic rings. The number of para-hydroxylation sites is 2. The number of carbonyl (C=O) groups excluding carboxylic acids is 1. The number of fused-ring (bicyclic) bond motifs is 1. The lowest BCUT2D eigenvalue weighted by Crippen LogP contribution is -2.33. The van der Waals surface area contributed by atoms with Gasteiger partial charge in [0.25, 0.3) is 0 Å². The summed E-state index contributed by atoms with van der Waals surface area (Å²) in [5.41, 5.74) is 1.87. The summed E-state index contributed by atoms with van der Waals surface area (Å²) in [5, 5.41) is 7.71. The highest BCUT2D eigenvalue weighted by Crippen LogP contribution is 2.17. The van der Waals surface area contributed by atoms with Crippen molar-refractivity contribution in [2.24, 2.45) is 0 Å². The number of hydrogen-bond acceptors (Lipinski definition) is 5. The third-order valence-corrected chi connectivity index (χ3v) is 4.17. The maximum Gasteiger partial charge on any atom is 0.242 e. The van der Waals surface area contributed by atoms with Crippen LogP contribution in [0.1, 0.15) is 6.42 Å². The minimum absolute atomic E-state index is 0.0369. The lowest BCUT2D eigenvalue weighted by molar-refractivity contribution is -0.131. The van der Waals surface area contributed by atoms with Gasteiger partial charge in [-0.15, -0.1) is 5.10 Å². The fraction of sp³-hybridized carbons (Fsp3) is 0.294. The highest BCUT2D eigenvalue weighted by Gasteiger charge is 2.28. The molecular weight excluding hydrogens is 306 g/mol. The topological polar surface area (TPSA) is 73.1 Å². The number of rotatable bonds is 4. The Balaban J connectivity index is 1.39. The molecule has 7 heteroatoms. The number of hydrogen-bond donors (Lipinski definition) is 0. The molecule has 0 spiro atoms. The van der Waals surface area contributed by atoms with Crippen molar-refractivity contribution in [2.45, 2.75) is 19.1 Å². The van der Waals surface area contributed by atoms with Gasteiger partial charge in [-0.1, -0.05) is 12.1 Å². The Morgan fingerprint density at radius 1 is 1.25 bits per heavy atom. The number of benzene rings is 1. The standard InChI is InChI=1S/C17H17N5O2/c23-17(11-22-12-18-14-4-1-2-5-15(14)22)21-9-7-13(10-21)24-16-6-3-8-19-20-16/h1-6,8,12-13H,7,9-11H2. The van der Waals surface area contributed by atoms with E-state index < -0.39 is 0 Å². The number of ether oxygens (including phenoxy) is 1. The molecule has 1 saturated heterocycles. The molecule has 1 aliphatic rings. The van der Waals surface area contributed by atoms with Crippen LogP contribution in [0.4, 0.5) is 0 Å². The third kappa shape index (κ3) is 2.92. The second-order valence-corrected chi connectivity index (χ2v) is 5.79. The minimum atomic E-state index is -0.0369. The summed E-state index contributed by atoms with van der Waals surface area (Å²) in [6, 6.07) is 11.4. The van der Waals surface area contributed by atoms with Gasteiger partial charge in [0.2, 0.25) is 11.8 Å². The van der Waals surface area contributed by atoms with Gasteiger partial charge in [-0.05, 0) is 18.2 Å². The van der Waals surface area contributed by atoms with E-state index >= 15 is 0 Å². The van der Waals surface area contributed by atoms with Crippen LogP contribution in [-0.4, -0.2) is 49.7 Å². The summed E-state index contributed by atoms with van der Waals surface area (Å²) < 4.78 is 7.66. The molecule has 7 nitrogen and oxygen atoms in total. The molecule has 2 aromatic heterocycles. The van der Waals surface area contributed by atoms with Gasteiger partial charge in [0.1, 0.15) is 12.6 Å². The van der Waals surface area contributed by atoms with E-state index in [-0.39, 0.29) is 12.0 Å². The fourth-order valence-electron chi connectivity index (χ4n) is 2.95. The molecule has 0 aliphatic carbocycles. The number of nitrogens with zero attached hydrogens (tertiary/aromatic N) is 5. The Labute approximate surface area is 138 Å². The SMILES string of the molecule is O=C(Cn1cnc2ccccc21)N1CCC(Oc2cccnn2)C1. The van der Waals surface area contributed by atoms with E-state index in [9.17, 15) is 4.79 Å². The second-order valence-electron chi connectivity index (χ2n) is 5.79. The van der Waals surface area contributed by atoms with Crippen molar-refractivity contribution in [1.29, 1.82) is 0 Å². The Bertz CT molecular complexity index is 848. The van der Waals surface area contributed by atoms with Crippen molar-refractivity contribution in [3.8, 4) is 5.88 Å². The largest absolute Gasteiger partial charge is 0.471 e. The van der Waals surface area contributed by atoms with Gasteiger partial charge in [-0.2, -0.15) is 5.10 Å². The summed E-state index contributed by atoms with van der Waals surface area (Å²) in [5.74, 6) is 0.570. The summed E-state index contributed by atoms with van der Waals surface area (Å²) >= 11 is 0. The molecule has 0 bridgehead atoms. The first kappa shape index (κ1) is 14.6. The van der Waals surface area contributed by atoms with Crippen LogP contribution in [0, 0.1) is 0 Å².